The number of rotatable bonds is 3. The van der Waals surface area contributed by atoms with Crippen molar-refractivity contribution in [1.29, 1.82) is 0 Å². The molecule has 0 saturated carbocycles. The van der Waals surface area contributed by atoms with Gasteiger partial charge in [-0.05, 0) is 56.0 Å². The van der Waals surface area contributed by atoms with Gasteiger partial charge in [0.05, 0.1) is 0 Å². The fourth-order valence-electron chi connectivity index (χ4n) is 1.86. The number of aryl methyl sites for hydroxylation is 4. The van der Waals surface area contributed by atoms with E-state index in [9.17, 15) is 4.39 Å². The SMILES string of the molecule is Cc1ccc(CCc2cccc(C)n2)c(F)c1. The van der Waals surface area contributed by atoms with E-state index in [0.717, 1.165) is 28.9 Å². The average molecular weight is 229 g/mol. The molecule has 17 heavy (non-hydrogen) atoms. The van der Waals surface area contributed by atoms with Gasteiger partial charge in [0.25, 0.3) is 0 Å². The molecule has 1 aromatic carbocycles. The second-order valence-electron chi connectivity index (χ2n) is 4.37. The summed E-state index contributed by atoms with van der Waals surface area (Å²) in [4.78, 5) is 4.41. The predicted octanol–water partition coefficient (Wildman–Crippen LogP) is 3.62. The van der Waals surface area contributed by atoms with Crippen LogP contribution in [-0.2, 0) is 12.8 Å². The van der Waals surface area contributed by atoms with Crippen LogP contribution in [0.1, 0.15) is 22.5 Å². The lowest BCUT2D eigenvalue weighted by Gasteiger charge is -2.04. The molecule has 0 aliphatic rings. The first-order valence-corrected chi connectivity index (χ1v) is 5.83. The van der Waals surface area contributed by atoms with Gasteiger partial charge in [0.2, 0.25) is 0 Å². The van der Waals surface area contributed by atoms with Gasteiger partial charge >= 0.3 is 0 Å². The van der Waals surface area contributed by atoms with Crippen LogP contribution in [0.2, 0.25) is 0 Å². The van der Waals surface area contributed by atoms with E-state index in [-0.39, 0.29) is 5.82 Å². The summed E-state index contributed by atoms with van der Waals surface area (Å²) in [6, 6.07) is 11.3. The maximum Gasteiger partial charge on any atom is 0.126 e. The van der Waals surface area contributed by atoms with E-state index in [4.69, 9.17) is 0 Å². The third-order valence-corrected chi connectivity index (χ3v) is 2.81. The van der Waals surface area contributed by atoms with Crippen molar-refractivity contribution in [2.24, 2.45) is 0 Å². The Hall–Kier alpha value is -1.70. The highest BCUT2D eigenvalue weighted by Gasteiger charge is 2.03. The lowest BCUT2D eigenvalue weighted by Crippen LogP contribution is -1.98. The van der Waals surface area contributed by atoms with Crippen molar-refractivity contribution in [2.45, 2.75) is 26.7 Å². The van der Waals surface area contributed by atoms with Crippen molar-refractivity contribution < 1.29 is 4.39 Å². The van der Waals surface area contributed by atoms with E-state index in [0.29, 0.717) is 6.42 Å². The zero-order valence-electron chi connectivity index (χ0n) is 10.2. The van der Waals surface area contributed by atoms with Crippen molar-refractivity contribution in [1.82, 2.24) is 4.98 Å². The van der Waals surface area contributed by atoms with Crippen LogP contribution < -0.4 is 0 Å². The molecule has 0 bridgehead atoms. The second kappa shape index (κ2) is 5.09. The first kappa shape index (κ1) is 11.8. The lowest BCUT2D eigenvalue weighted by atomic mass is 10.1. The number of hydrogen-bond donors (Lipinski definition) is 0. The molecule has 0 unspecified atom stereocenters. The molecule has 0 saturated heterocycles. The highest BCUT2D eigenvalue weighted by atomic mass is 19.1. The van der Waals surface area contributed by atoms with E-state index in [1.807, 2.05) is 44.2 Å². The maximum absolute atomic E-state index is 13.6. The highest BCUT2D eigenvalue weighted by Crippen LogP contribution is 2.12. The van der Waals surface area contributed by atoms with Crippen molar-refractivity contribution in [3.8, 4) is 0 Å². The first-order chi connectivity index (χ1) is 8.15. The number of hydrogen-bond acceptors (Lipinski definition) is 1. The number of aromatic nitrogens is 1. The van der Waals surface area contributed by atoms with Gasteiger partial charge in [-0.25, -0.2) is 4.39 Å². The molecule has 0 aliphatic heterocycles. The predicted molar refractivity (Wildman–Crippen MR) is 67.5 cm³/mol. The van der Waals surface area contributed by atoms with E-state index in [1.165, 1.54) is 0 Å². The van der Waals surface area contributed by atoms with Crippen LogP contribution in [0.3, 0.4) is 0 Å². The first-order valence-electron chi connectivity index (χ1n) is 5.83. The Labute approximate surface area is 101 Å². The van der Waals surface area contributed by atoms with Crippen molar-refractivity contribution >= 4 is 0 Å². The minimum Gasteiger partial charge on any atom is -0.258 e. The Kier molecular flexibility index (Phi) is 3.52. The monoisotopic (exact) mass is 229 g/mol. The molecule has 1 nitrogen and oxygen atoms in total. The van der Waals surface area contributed by atoms with E-state index in [2.05, 4.69) is 4.98 Å². The zero-order chi connectivity index (χ0) is 12.3. The van der Waals surface area contributed by atoms with Gasteiger partial charge in [0, 0.05) is 11.4 Å². The second-order valence-corrected chi connectivity index (χ2v) is 4.37. The number of pyridine rings is 1. The molecule has 0 aliphatic carbocycles. The molecule has 0 spiro atoms. The molecule has 0 amide bonds. The van der Waals surface area contributed by atoms with Gasteiger partial charge in [-0.1, -0.05) is 18.2 Å². The van der Waals surface area contributed by atoms with Crippen LogP contribution in [0.4, 0.5) is 4.39 Å². The summed E-state index contributed by atoms with van der Waals surface area (Å²) >= 11 is 0. The lowest BCUT2D eigenvalue weighted by molar-refractivity contribution is 0.607. The molecule has 2 rings (SSSR count). The van der Waals surface area contributed by atoms with Crippen LogP contribution in [0.5, 0.6) is 0 Å². The number of benzene rings is 1. The van der Waals surface area contributed by atoms with Crippen LogP contribution >= 0.6 is 0 Å². The molecule has 0 atom stereocenters. The smallest absolute Gasteiger partial charge is 0.126 e. The van der Waals surface area contributed by atoms with Crippen molar-refractivity contribution in [2.75, 3.05) is 0 Å². The summed E-state index contributed by atoms with van der Waals surface area (Å²) in [6.45, 7) is 3.87. The van der Waals surface area contributed by atoms with Crippen LogP contribution in [0, 0.1) is 19.7 Å². The standard InChI is InChI=1S/C15H16FN/c1-11-6-7-13(15(16)10-11)8-9-14-5-3-4-12(2)17-14/h3-7,10H,8-9H2,1-2H3. The third kappa shape index (κ3) is 3.13. The van der Waals surface area contributed by atoms with Gasteiger partial charge in [-0.3, -0.25) is 4.98 Å². The van der Waals surface area contributed by atoms with Gasteiger partial charge < -0.3 is 0 Å². The molecule has 0 radical (unpaired) electrons. The van der Waals surface area contributed by atoms with E-state index >= 15 is 0 Å². The average Bonchev–Trinajstić information content (AvgIpc) is 2.28. The van der Waals surface area contributed by atoms with Crippen LogP contribution in [0.25, 0.3) is 0 Å². The third-order valence-electron chi connectivity index (χ3n) is 2.81. The summed E-state index contributed by atoms with van der Waals surface area (Å²) in [5.41, 5.74) is 3.75. The van der Waals surface area contributed by atoms with Crippen molar-refractivity contribution in [3.05, 3.63) is 64.7 Å². The van der Waals surface area contributed by atoms with Crippen molar-refractivity contribution in [3.63, 3.8) is 0 Å². The molecule has 2 heteroatoms. The normalized spacial score (nSPS) is 10.5. The van der Waals surface area contributed by atoms with Gasteiger partial charge in [0.1, 0.15) is 5.82 Å². The largest absolute Gasteiger partial charge is 0.258 e. The summed E-state index contributed by atoms with van der Waals surface area (Å²) in [5.74, 6) is -0.113. The molecular weight excluding hydrogens is 213 g/mol. The molecule has 1 aromatic heterocycles. The Morgan fingerprint density at radius 3 is 2.59 bits per heavy atom. The summed E-state index contributed by atoms with van der Waals surface area (Å²) in [5, 5.41) is 0. The Bertz CT molecular complexity index is 520. The Balaban J connectivity index is 2.07. The highest BCUT2D eigenvalue weighted by molar-refractivity contribution is 5.24. The topological polar surface area (TPSA) is 12.9 Å². The molecule has 0 N–H and O–H groups in total. The van der Waals surface area contributed by atoms with Gasteiger partial charge in [-0.2, -0.15) is 0 Å². The number of halogens is 1. The molecule has 88 valence electrons. The Morgan fingerprint density at radius 1 is 1.06 bits per heavy atom. The molecule has 2 aromatic rings. The summed E-state index contributed by atoms with van der Waals surface area (Å²) in [6.07, 6.45) is 1.48. The van der Waals surface area contributed by atoms with E-state index in [1.54, 1.807) is 6.07 Å². The minimum absolute atomic E-state index is 0.113. The van der Waals surface area contributed by atoms with Crippen LogP contribution in [0.15, 0.2) is 36.4 Å². The fourth-order valence-corrected chi connectivity index (χ4v) is 1.86. The van der Waals surface area contributed by atoms with Gasteiger partial charge in [0.15, 0.2) is 0 Å². The zero-order valence-corrected chi connectivity index (χ0v) is 10.2. The fraction of sp³-hybridized carbons (Fsp3) is 0.267. The molecule has 1 heterocycles. The van der Waals surface area contributed by atoms with Crippen LogP contribution in [-0.4, -0.2) is 4.98 Å². The molecule has 0 fully saturated rings. The molecular formula is C15H16FN. The summed E-state index contributed by atoms with van der Waals surface area (Å²) < 4.78 is 13.6. The quantitative estimate of drug-likeness (QED) is 0.783. The maximum atomic E-state index is 13.6. The van der Waals surface area contributed by atoms with E-state index < -0.39 is 0 Å². The number of nitrogens with zero attached hydrogens (tertiary/aromatic N) is 1. The summed E-state index contributed by atoms with van der Waals surface area (Å²) in [7, 11) is 0. The minimum atomic E-state index is -0.113. The van der Waals surface area contributed by atoms with Gasteiger partial charge in [-0.15, -0.1) is 0 Å². The Morgan fingerprint density at radius 2 is 1.88 bits per heavy atom.